The van der Waals surface area contributed by atoms with E-state index < -0.39 is 12.7 Å². The monoisotopic (exact) mass is 503 g/mol. The molecule has 0 fully saturated rings. The van der Waals surface area contributed by atoms with E-state index in [0.29, 0.717) is 11.5 Å². The first-order valence-electron chi connectivity index (χ1n) is 11.1. The molecule has 2 N–H and O–H groups in total. The Morgan fingerprint density at radius 3 is 2.48 bits per heavy atom. The molecule has 0 saturated carbocycles. The minimum atomic E-state index is -4.34. The third kappa shape index (κ3) is 8.62. The summed E-state index contributed by atoms with van der Waals surface area (Å²) >= 11 is 1.53. The molecule has 1 atom stereocenters. The number of allylic oxidation sites excluding steroid dienone is 2. The molecule has 1 aliphatic carbocycles. The van der Waals surface area contributed by atoms with Crippen molar-refractivity contribution in [2.75, 3.05) is 17.2 Å². The summed E-state index contributed by atoms with van der Waals surface area (Å²) in [6, 6.07) is 0.117. The summed E-state index contributed by atoms with van der Waals surface area (Å²) in [6.45, 7) is 8.76. The molecule has 10 heteroatoms. The number of nitrogens with zero attached hydrogens (tertiary/aromatic N) is 3. The molecule has 1 aliphatic rings. The lowest BCUT2D eigenvalue weighted by molar-refractivity contribution is -0.115. The van der Waals surface area contributed by atoms with Crippen LogP contribution < -0.4 is 10.6 Å². The van der Waals surface area contributed by atoms with E-state index in [4.69, 9.17) is 4.98 Å². The Bertz CT molecular complexity index is 911. The topological polar surface area (TPSA) is 62.7 Å². The van der Waals surface area contributed by atoms with E-state index in [1.807, 2.05) is 39.0 Å². The third-order valence-electron chi connectivity index (χ3n) is 4.62. The smallest absolute Gasteiger partial charge is 0.367 e. The molecule has 5 nitrogen and oxygen atoms in total. The van der Waals surface area contributed by atoms with Crippen molar-refractivity contribution in [3.63, 3.8) is 0 Å². The summed E-state index contributed by atoms with van der Waals surface area (Å²) in [5.74, 6) is 0.462. The lowest BCUT2D eigenvalue weighted by Crippen LogP contribution is -2.23. The maximum absolute atomic E-state index is 12.6. The number of thiazole rings is 1. The molecule has 0 bridgehead atoms. The molecule has 2 aromatic heterocycles. The number of anilines is 2. The van der Waals surface area contributed by atoms with Gasteiger partial charge in [-0.15, -0.1) is 23.7 Å². The van der Waals surface area contributed by atoms with Crippen LogP contribution >= 0.6 is 23.7 Å². The Hall–Kier alpha value is -2.13. The number of aromatic nitrogens is 3. The minimum Gasteiger partial charge on any atom is -0.367 e. The molecule has 0 amide bonds. The molecule has 0 aliphatic heterocycles. The standard InChI is InChI=1S/C21H26F3N5S.C2H6.ClH/c1-4-5-9-13(2)26-18-17(14(3)27-20(29-18)25-12-21(22,23)24)19-28-15-10-7-6-8-11-16(15)30-19;1-2;/h7-8,10-11,13H,4-6,9,12H2,1-3H3,(H2,25,26,27,29);1-2H3;1H. The highest BCUT2D eigenvalue weighted by Crippen LogP contribution is 2.37. The Balaban J connectivity index is 0.00000177. The molecule has 2 heterocycles. The van der Waals surface area contributed by atoms with Crippen LogP contribution in [0.4, 0.5) is 24.9 Å². The molecule has 33 heavy (non-hydrogen) atoms. The number of hydrogen-bond acceptors (Lipinski definition) is 6. The van der Waals surface area contributed by atoms with Crippen molar-refractivity contribution in [2.45, 2.75) is 72.5 Å². The van der Waals surface area contributed by atoms with Crippen molar-refractivity contribution in [2.24, 2.45) is 0 Å². The molecule has 1 unspecified atom stereocenters. The van der Waals surface area contributed by atoms with Gasteiger partial charge < -0.3 is 10.6 Å². The van der Waals surface area contributed by atoms with Crippen molar-refractivity contribution in [3.8, 4) is 10.6 Å². The molecule has 3 rings (SSSR count). The second-order valence-electron chi connectivity index (χ2n) is 7.32. The molecule has 0 spiro atoms. The van der Waals surface area contributed by atoms with Crippen molar-refractivity contribution in [3.05, 3.63) is 28.4 Å². The Kier molecular flexibility index (Phi) is 11.9. The Labute approximate surface area is 204 Å². The summed E-state index contributed by atoms with van der Waals surface area (Å²) in [5, 5.41) is 6.42. The number of halogens is 4. The molecule has 184 valence electrons. The summed E-state index contributed by atoms with van der Waals surface area (Å²) < 4.78 is 37.9. The number of rotatable bonds is 8. The van der Waals surface area contributed by atoms with E-state index in [-0.39, 0.29) is 24.4 Å². The van der Waals surface area contributed by atoms with Crippen LogP contribution in [-0.2, 0) is 0 Å². The first kappa shape index (κ1) is 28.9. The average molecular weight is 504 g/mol. The van der Waals surface area contributed by atoms with E-state index in [1.54, 1.807) is 6.92 Å². The summed E-state index contributed by atoms with van der Waals surface area (Å²) in [7, 11) is 0. The fourth-order valence-corrected chi connectivity index (χ4v) is 4.21. The van der Waals surface area contributed by atoms with E-state index in [9.17, 15) is 13.2 Å². The quantitative estimate of drug-likeness (QED) is 0.385. The van der Waals surface area contributed by atoms with Gasteiger partial charge in [-0.1, -0.05) is 45.8 Å². The molecule has 2 aromatic rings. The highest BCUT2D eigenvalue weighted by molar-refractivity contribution is 7.16. The zero-order valence-electron chi connectivity index (χ0n) is 19.7. The number of aryl methyl sites for hydroxylation is 1. The van der Waals surface area contributed by atoms with Gasteiger partial charge in [0.05, 0.1) is 21.8 Å². The van der Waals surface area contributed by atoms with Crippen LogP contribution in [-0.4, -0.2) is 33.7 Å². The zero-order chi connectivity index (χ0) is 23.7. The van der Waals surface area contributed by atoms with Crippen molar-refractivity contribution < 1.29 is 13.2 Å². The molecule has 0 radical (unpaired) electrons. The van der Waals surface area contributed by atoms with Gasteiger partial charge in [-0.2, -0.15) is 18.2 Å². The Morgan fingerprint density at radius 1 is 1.12 bits per heavy atom. The van der Waals surface area contributed by atoms with Crippen molar-refractivity contribution in [1.29, 1.82) is 0 Å². The van der Waals surface area contributed by atoms with Crippen molar-refractivity contribution >= 4 is 47.7 Å². The molecule has 0 saturated heterocycles. The first-order chi connectivity index (χ1) is 15.3. The normalized spacial score (nSPS) is 13.2. The number of fused-ring (bicyclic) bond motifs is 1. The van der Waals surface area contributed by atoms with Crippen LogP contribution in [0.1, 0.15) is 69.6 Å². The summed E-state index contributed by atoms with van der Waals surface area (Å²) in [6.07, 6.45) is 7.72. The van der Waals surface area contributed by atoms with Crippen molar-refractivity contribution in [1.82, 2.24) is 15.0 Å². The van der Waals surface area contributed by atoms with Gasteiger partial charge in [0, 0.05) is 6.04 Å². The molecule has 0 aromatic carbocycles. The maximum Gasteiger partial charge on any atom is 0.405 e. The fraction of sp³-hybridized carbons (Fsp3) is 0.522. The molecular formula is C23H33ClF3N5S. The van der Waals surface area contributed by atoms with Gasteiger partial charge in [0.2, 0.25) is 5.95 Å². The minimum absolute atomic E-state index is 0. The third-order valence-corrected chi connectivity index (χ3v) is 5.68. The van der Waals surface area contributed by atoms with Gasteiger partial charge in [0.25, 0.3) is 0 Å². The Morgan fingerprint density at radius 2 is 1.82 bits per heavy atom. The lowest BCUT2D eigenvalue weighted by Gasteiger charge is -2.19. The van der Waals surface area contributed by atoms with Crippen LogP contribution in [0.3, 0.4) is 0 Å². The van der Waals surface area contributed by atoms with Crippen LogP contribution in [0.15, 0.2) is 12.2 Å². The second-order valence-corrected chi connectivity index (χ2v) is 8.35. The second kappa shape index (κ2) is 13.5. The van der Waals surface area contributed by atoms with Crippen LogP contribution in [0.5, 0.6) is 0 Å². The van der Waals surface area contributed by atoms with Gasteiger partial charge >= 0.3 is 6.18 Å². The fourth-order valence-electron chi connectivity index (χ4n) is 3.13. The largest absolute Gasteiger partial charge is 0.405 e. The van der Waals surface area contributed by atoms with Gasteiger partial charge in [-0.25, -0.2) is 9.97 Å². The SMILES string of the molecule is CC.CCCCC(C)Nc1nc(NCC(F)(F)F)nc(C)c1-c1nc2c(s1)C=CCC=C2.Cl. The average Bonchev–Trinajstić information content (AvgIpc) is 3.00. The van der Waals surface area contributed by atoms with E-state index in [0.717, 1.165) is 46.8 Å². The van der Waals surface area contributed by atoms with Gasteiger partial charge in [-0.05, 0) is 38.8 Å². The predicted octanol–water partition coefficient (Wildman–Crippen LogP) is 7.75. The number of nitrogens with one attached hydrogen (secondary N) is 2. The summed E-state index contributed by atoms with van der Waals surface area (Å²) in [4.78, 5) is 14.4. The van der Waals surface area contributed by atoms with Gasteiger partial charge in [0.1, 0.15) is 17.4 Å². The number of hydrogen-bond donors (Lipinski definition) is 2. The van der Waals surface area contributed by atoms with Crippen LogP contribution in [0, 0.1) is 6.92 Å². The van der Waals surface area contributed by atoms with Crippen LogP contribution in [0.25, 0.3) is 22.7 Å². The first-order valence-corrected chi connectivity index (χ1v) is 11.9. The van der Waals surface area contributed by atoms with E-state index in [2.05, 4.69) is 33.6 Å². The zero-order valence-corrected chi connectivity index (χ0v) is 21.3. The number of alkyl halides is 3. The maximum atomic E-state index is 12.6. The summed E-state index contributed by atoms with van der Waals surface area (Å²) in [5.41, 5.74) is 2.19. The number of unbranched alkanes of at least 4 members (excludes halogenated alkanes) is 1. The van der Waals surface area contributed by atoms with Crippen LogP contribution in [0.2, 0.25) is 0 Å². The van der Waals surface area contributed by atoms with Gasteiger partial charge in [0.15, 0.2) is 0 Å². The van der Waals surface area contributed by atoms with Gasteiger partial charge in [-0.3, -0.25) is 0 Å². The van der Waals surface area contributed by atoms with E-state index >= 15 is 0 Å². The predicted molar refractivity (Wildman–Crippen MR) is 136 cm³/mol. The molecular weight excluding hydrogens is 471 g/mol. The highest BCUT2D eigenvalue weighted by atomic mass is 35.5. The lowest BCUT2D eigenvalue weighted by atomic mass is 10.1. The highest BCUT2D eigenvalue weighted by Gasteiger charge is 2.28. The van der Waals surface area contributed by atoms with E-state index in [1.165, 1.54) is 11.3 Å².